The van der Waals surface area contributed by atoms with E-state index in [2.05, 4.69) is 34.2 Å². The molecule has 46 heavy (non-hydrogen) atoms. The van der Waals surface area contributed by atoms with Crippen LogP contribution in [0.2, 0.25) is 0 Å². The molecule has 1 fully saturated rings. The van der Waals surface area contributed by atoms with Crippen molar-refractivity contribution in [2.45, 2.75) is 45.2 Å². The number of hydrogen-bond donors (Lipinski definition) is 4. The van der Waals surface area contributed by atoms with Gasteiger partial charge in [-0.05, 0) is 44.9 Å². The molecule has 4 heterocycles. The first kappa shape index (κ1) is 33.7. The van der Waals surface area contributed by atoms with E-state index in [-0.39, 0.29) is 17.3 Å². The average molecular weight is 635 g/mol. The molecule has 2 aromatic rings. The lowest BCUT2D eigenvalue weighted by molar-refractivity contribution is -0.134. The zero-order chi connectivity index (χ0) is 33.6. The van der Waals surface area contributed by atoms with Gasteiger partial charge in [-0.15, -0.1) is 0 Å². The number of primary amides is 1. The highest BCUT2D eigenvalue weighted by Crippen LogP contribution is 2.41. The van der Waals surface area contributed by atoms with Crippen molar-refractivity contribution < 1.29 is 33.8 Å². The maximum atomic E-state index is 15.4. The van der Waals surface area contributed by atoms with Gasteiger partial charge < -0.3 is 21.3 Å². The number of carboxylic acid groups (broad SMARTS) is 2. The van der Waals surface area contributed by atoms with E-state index in [1.807, 2.05) is 13.1 Å². The maximum absolute atomic E-state index is 15.4. The summed E-state index contributed by atoms with van der Waals surface area (Å²) in [5, 5.41) is 22.8. The SMILES string of the molecule is C[C@@H]1CCC[C@H](C)N1CCNC(=O)c1ccc(F)c([N+]23C=CC(c4ccnn4C)=CC2=NC=C3C(N)=O)c1.O=C(O)/C=C\C(=O)O. The fourth-order valence-corrected chi connectivity index (χ4v) is 5.88. The van der Waals surface area contributed by atoms with Crippen LogP contribution >= 0.6 is 0 Å². The Labute approximate surface area is 265 Å². The van der Waals surface area contributed by atoms with Gasteiger partial charge in [-0.25, -0.2) is 14.0 Å². The molecule has 242 valence electrons. The van der Waals surface area contributed by atoms with Crippen LogP contribution in [-0.2, 0) is 21.4 Å². The molecule has 14 heteroatoms. The predicted octanol–water partition coefficient (Wildman–Crippen LogP) is 2.92. The van der Waals surface area contributed by atoms with Crippen LogP contribution in [0.3, 0.4) is 0 Å². The summed E-state index contributed by atoms with van der Waals surface area (Å²) in [5.74, 6) is -3.75. The van der Waals surface area contributed by atoms with Gasteiger partial charge in [0.05, 0.1) is 5.69 Å². The number of amidine groups is 1. The summed E-state index contributed by atoms with van der Waals surface area (Å²) < 4.78 is 16.7. The molecule has 0 radical (unpaired) electrons. The van der Waals surface area contributed by atoms with Crippen molar-refractivity contribution >= 4 is 40.8 Å². The number of quaternary nitrogens is 1. The van der Waals surface area contributed by atoms with Gasteiger partial charge in [-0.1, -0.05) is 6.42 Å². The number of hydrogen-bond acceptors (Lipinski definition) is 7. The first-order chi connectivity index (χ1) is 21.8. The summed E-state index contributed by atoms with van der Waals surface area (Å²) in [6.45, 7) is 5.67. The minimum atomic E-state index is -1.26. The summed E-state index contributed by atoms with van der Waals surface area (Å²) in [6.07, 6.45) is 12.9. The Kier molecular flexibility index (Phi) is 10.4. The minimum absolute atomic E-state index is 0.0843. The van der Waals surface area contributed by atoms with E-state index in [1.165, 1.54) is 30.8 Å². The van der Waals surface area contributed by atoms with Crippen molar-refractivity contribution in [3.63, 3.8) is 0 Å². The van der Waals surface area contributed by atoms with E-state index in [4.69, 9.17) is 15.9 Å². The molecular formula is C32H37FN7O6+. The third-order valence-electron chi connectivity index (χ3n) is 8.18. The fraction of sp³-hybridized carbons (Fsp3) is 0.312. The normalized spacial score (nSPS) is 22.2. The van der Waals surface area contributed by atoms with Crippen molar-refractivity contribution in [3.05, 3.63) is 89.9 Å². The molecule has 1 aromatic carbocycles. The largest absolute Gasteiger partial charge is 0.478 e. The van der Waals surface area contributed by atoms with E-state index in [0.29, 0.717) is 42.2 Å². The lowest BCUT2D eigenvalue weighted by Gasteiger charge is -2.39. The van der Waals surface area contributed by atoms with E-state index in [0.717, 1.165) is 30.7 Å². The number of halogens is 1. The molecule has 2 amide bonds. The van der Waals surface area contributed by atoms with E-state index in [1.54, 1.807) is 29.2 Å². The van der Waals surface area contributed by atoms with E-state index in [9.17, 15) is 19.2 Å². The Hall–Kier alpha value is -5.21. The number of carbonyl (C=O) groups excluding carboxylic acids is 2. The number of rotatable bonds is 9. The number of amides is 2. The van der Waals surface area contributed by atoms with Crippen LogP contribution < -0.4 is 15.5 Å². The first-order valence-electron chi connectivity index (χ1n) is 14.7. The van der Waals surface area contributed by atoms with Crippen LogP contribution in [0, 0.1) is 5.82 Å². The lowest BCUT2D eigenvalue weighted by atomic mass is 9.98. The van der Waals surface area contributed by atoms with Crippen molar-refractivity contribution in [3.8, 4) is 0 Å². The van der Waals surface area contributed by atoms with Crippen molar-refractivity contribution in [2.75, 3.05) is 13.1 Å². The second kappa shape index (κ2) is 14.3. The topological polar surface area (TPSA) is 180 Å². The summed E-state index contributed by atoms with van der Waals surface area (Å²) in [6, 6.07) is 6.97. The molecule has 0 saturated carbocycles. The highest BCUT2D eigenvalue weighted by molar-refractivity contribution is 6.18. The molecule has 1 unspecified atom stereocenters. The number of fused-ring (bicyclic) bond motifs is 1. The number of nitrogens with one attached hydrogen (secondary N) is 1. The molecule has 3 atom stereocenters. The average Bonchev–Trinajstić information content (AvgIpc) is 3.61. The zero-order valence-electron chi connectivity index (χ0n) is 25.8. The molecule has 1 saturated heterocycles. The van der Waals surface area contributed by atoms with Gasteiger partial charge in [-0.2, -0.15) is 14.6 Å². The maximum Gasteiger partial charge on any atom is 0.328 e. The van der Waals surface area contributed by atoms with Crippen LogP contribution in [0.5, 0.6) is 0 Å². The molecular weight excluding hydrogens is 597 g/mol. The van der Waals surface area contributed by atoms with Crippen LogP contribution in [0.25, 0.3) is 5.57 Å². The van der Waals surface area contributed by atoms with Gasteiger partial charge in [0.2, 0.25) is 11.5 Å². The van der Waals surface area contributed by atoms with Crippen LogP contribution in [0.1, 0.15) is 49.2 Å². The predicted molar refractivity (Wildman–Crippen MR) is 169 cm³/mol. The highest BCUT2D eigenvalue weighted by atomic mass is 19.1. The van der Waals surface area contributed by atoms with Crippen molar-refractivity contribution in [1.29, 1.82) is 0 Å². The van der Waals surface area contributed by atoms with Gasteiger partial charge in [-0.3, -0.25) is 19.2 Å². The number of piperidine rings is 1. The van der Waals surface area contributed by atoms with Crippen molar-refractivity contribution in [1.82, 2.24) is 24.5 Å². The molecule has 13 nitrogen and oxygen atoms in total. The fourth-order valence-electron chi connectivity index (χ4n) is 5.88. The number of aliphatic carboxylic acids is 2. The van der Waals surface area contributed by atoms with Gasteiger partial charge in [0.15, 0.2) is 11.5 Å². The Morgan fingerprint density at radius 2 is 1.78 bits per heavy atom. The van der Waals surface area contributed by atoms with Crippen LogP contribution in [-0.4, -0.2) is 79.7 Å². The summed E-state index contributed by atoms with van der Waals surface area (Å²) >= 11 is 0. The quantitative estimate of drug-likeness (QED) is 0.240. The number of likely N-dealkylation sites (tertiary alicyclic amines) is 1. The lowest BCUT2D eigenvalue weighted by Crippen LogP contribution is -2.51. The number of nitrogens with two attached hydrogens (primary N) is 1. The van der Waals surface area contributed by atoms with Crippen LogP contribution in [0.4, 0.5) is 10.1 Å². The summed E-state index contributed by atoms with van der Waals surface area (Å²) in [5.41, 5.74) is 7.81. The molecule has 5 N–H and O–H groups in total. The second-order valence-electron chi connectivity index (χ2n) is 11.1. The smallest absolute Gasteiger partial charge is 0.328 e. The number of aryl methyl sites for hydroxylation is 1. The summed E-state index contributed by atoms with van der Waals surface area (Å²) in [4.78, 5) is 51.5. The molecule has 5 rings (SSSR count). The van der Waals surface area contributed by atoms with Crippen LogP contribution in [0.15, 0.2) is 77.9 Å². The van der Waals surface area contributed by atoms with Gasteiger partial charge >= 0.3 is 17.8 Å². The first-order valence-corrected chi connectivity index (χ1v) is 14.7. The number of allylic oxidation sites excluding steroid dienone is 2. The monoisotopic (exact) mass is 634 g/mol. The highest BCUT2D eigenvalue weighted by Gasteiger charge is 2.49. The Bertz CT molecular complexity index is 1660. The minimum Gasteiger partial charge on any atom is -0.478 e. The van der Waals surface area contributed by atoms with E-state index >= 15 is 4.39 Å². The number of nitrogens with zero attached hydrogens (tertiary/aromatic N) is 5. The summed E-state index contributed by atoms with van der Waals surface area (Å²) in [7, 11) is 1.82. The zero-order valence-corrected chi connectivity index (χ0v) is 25.8. The molecule has 1 aromatic heterocycles. The number of benzene rings is 1. The molecule has 0 bridgehead atoms. The molecule has 3 aliphatic heterocycles. The van der Waals surface area contributed by atoms with Crippen molar-refractivity contribution in [2.24, 2.45) is 17.8 Å². The molecule has 0 spiro atoms. The molecule has 3 aliphatic rings. The van der Waals surface area contributed by atoms with Gasteiger partial charge in [0, 0.05) is 79.9 Å². The standard InChI is InChI=1S/C28H32FN7O2.C4H4O4/c1-18-5-4-6-19(2)35(18)13-12-31-28(38)21-7-8-22(29)24(15-21)36-14-10-20(23-9-11-33-34(23)3)16-26(36)32-17-25(36)27(30)37;5-3(6)1-2-4(7)8/h7-11,14-19H,4-6,12-13H2,1-3H3,(H2-,30,31,37,38);1-2H,(H,5,6)(H,7,8)/p+1/b;2-1-/t18-,19+,36?;. The number of aliphatic imine (C=N–C) groups is 1. The number of carboxylic acids is 2. The number of aromatic nitrogens is 2. The Balaban J connectivity index is 0.000000533. The second-order valence-corrected chi connectivity index (χ2v) is 11.1. The Morgan fingerprint density at radius 3 is 2.37 bits per heavy atom. The van der Waals surface area contributed by atoms with Gasteiger partial charge in [0.1, 0.15) is 12.4 Å². The van der Waals surface area contributed by atoms with E-state index < -0.39 is 28.1 Å². The number of carbonyl (C=O) groups is 4. The third-order valence-corrected chi connectivity index (χ3v) is 8.18. The third kappa shape index (κ3) is 7.19. The molecule has 0 aliphatic carbocycles. The Morgan fingerprint density at radius 1 is 1.11 bits per heavy atom. The van der Waals surface area contributed by atoms with Gasteiger partial charge in [0.25, 0.3) is 5.91 Å².